The van der Waals surface area contributed by atoms with Gasteiger partial charge in [0.15, 0.2) is 6.10 Å². The van der Waals surface area contributed by atoms with Crippen LogP contribution in [0.4, 0.5) is 0 Å². The first kappa shape index (κ1) is 15.1. The van der Waals surface area contributed by atoms with Crippen LogP contribution < -0.4 is 0 Å². The van der Waals surface area contributed by atoms with Gasteiger partial charge in [0.05, 0.1) is 0 Å². The summed E-state index contributed by atoms with van der Waals surface area (Å²) in [5.41, 5.74) is 1.59. The molecule has 0 aliphatic heterocycles. The largest absolute Gasteiger partial charge is 0.443 e. The average Bonchev–Trinajstić information content (AvgIpc) is 2.80. The molecule has 2 atom stereocenters. The minimum atomic E-state index is -0.691. The molecule has 0 amide bonds. The first-order valence-electron chi connectivity index (χ1n) is 7.03. The lowest BCUT2D eigenvalue weighted by atomic mass is 9.72. The van der Waals surface area contributed by atoms with Crippen molar-refractivity contribution in [1.29, 1.82) is 5.26 Å². The van der Waals surface area contributed by atoms with E-state index in [1.54, 1.807) is 6.92 Å². The Morgan fingerprint density at radius 2 is 2.25 bits per heavy atom. The van der Waals surface area contributed by atoms with E-state index < -0.39 is 6.10 Å². The van der Waals surface area contributed by atoms with Gasteiger partial charge in [0.1, 0.15) is 10.9 Å². The third kappa shape index (κ3) is 3.21. The zero-order valence-corrected chi connectivity index (χ0v) is 13.3. The monoisotopic (exact) mass is 291 g/mol. The highest BCUT2D eigenvalue weighted by Crippen LogP contribution is 2.40. The van der Waals surface area contributed by atoms with Crippen LogP contribution in [0, 0.1) is 22.7 Å². The molecule has 1 aromatic rings. The number of fused-ring (bicyclic) bond motifs is 1. The maximum Gasteiger partial charge on any atom is 0.349 e. The first-order valence-corrected chi connectivity index (χ1v) is 7.85. The van der Waals surface area contributed by atoms with E-state index in [0.717, 1.165) is 12.8 Å². The summed E-state index contributed by atoms with van der Waals surface area (Å²) in [6, 6.07) is 3.88. The minimum Gasteiger partial charge on any atom is -0.443 e. The number of carbonyl (C=O) groups is 1. The topological polar surface area (TPSA) is 50.1 Å². The van der Waals surface area contributed by atoms with Crippen LogP contribution in [0.5, 0.6) is 0 Å². The lowest BCUT2D eigenvalue weighted by molar-refractivity contribution is 0.0441. The van der Waals surface area contributed by atoms with Crippen LogP contribution in [0.15, 0.2) is 6.07 Å². The summed E-state index contributed by atoms with van der Waals surface area (Å²) in [5, 5.41) is 8.69. The lowest BCUT2D eigenvalue weighted by Gasteiger charge is -2.33. The van der Waals surface area contributed by atoms with Crippen molar-refractivity contribution in [3.05, 3.63) is 21.4 Å². The molecule has 0 bridgehead atoms. The molecule has 0 aromatic carbocycles. The first-order chi connectivity index (χ1) is 9.31. The molecular weight excluding hydrogens is 270 g/mol. The fraction of sp³-hybridized carbons (Fsp3) is 0.625. The number of rotatable bonds is 2. The van der Waals surface area contributed by atoms with Crippen molar-refractivity contribution in [3.8, 4) is 6.07 Å². The van der Waals surface area contributed by atoms with Crippen LogP contribution in [0.2, 0.25) is 0 Å². The molecular formula is C16H21NO2S. The van der Waals surface area contributed by atoms with Crippen LogP contribution in [0.1, 0.15) is 54.2 Å². The molecule has 0 saturated carbocycles. The quantitative estimate of drug-likeness (QED) is 0.775. The number of aryl methyl sites for hydroxylation is 1. The van der Waals surface area contributed by atoms with E-state index in [1.807, 2.05) is 12.1 Å². The Morgan fingerprint density at radius 1 is 1.55 bits per heavy atom. The molecule has 0 saturated heterocycles. The molecule has 20 heavy (non-hydrogen) atoms. The Balaban J connectivity index is 2.13. The molecule has 0 unspecified atom stereocenters. The van der Waals surface area contributed by atoms with Crippen molar-refractivity contribution in [1.82, 2.24) is 0 Å². The molecule has 3 nitrogen and oxygen atoms in total. The molecule has 2 rings (SSSR count). The molecule has 108 valence electrons. The zero-order valence-electron chi connectivity index (χ0n) is 12.5. The van der Waals surface area contributed by atoms with E-state index >= 15 is 0 Å². The maximum absolute atomic E-state index is 11.9. The zero-order chi connectivity index (χ0) is 14.9. The predicted octanol–water partition coefficient (Wildman–Crippen LogP) is 3.97. The predicted molar refractivity (Wildman–Crippen MR) is 79.8 cm³/mol. The van der Waals surface area contributed by atoms with Crippen molar-refractivity contribution in [2.75, 3.05) is 0 Å². The molecule has 4 heteroatoms. The van der Waals surface area contributed by atoms with Crippen molar-refractivity contribution in [3.63, 3.8) is 0 Å². The molecule has 1 aliphatic rings. The van der Waals surface area contributed by atoms with Crippen molar-refractivity contribution >= 4 is 17.3 Å². The maximum atomic E-state index is 11.9. The van der Waals surface area contributed by atoms with Crippen LogP contribution in [0.3, 0.4) is 0 Å². The third-order valence-corrected chi connectivity index (χ3v) is 5.19. The van der Waals surface area contributed by atoms with Gasteiger partial charge in [-0.3, -0.25) is 0 Å². The van der Waals surface area contributed by atoms with Gasteiger partial charge < -0.3 is 4.74 Å². The number of nitrogens with zero attached hydrogens (tertiary/aromatic N) is 1. The van der Waals surface area contributed by atoms with Crippen molar-refractivity contribution < 1.29 is 9.53 Å². The van der Waals surface area contributed by atoms with Gasteiger partial charge in [-0.2, -0.15) is 5.26 Å². The summed E-state index contributed by atoms with van der Waals surface area (Å²) in [7, 11) is 0. The lowest BCUT2D eigenvalue weighted by Crippen LogP contribution is -2.26. The summed E-state index contributed by atoms with van der Waals surface area (Å²) in [6.45, 7) is 8.41. The van der Waals surface area contributed by atoms with E-state index in [-0.39, 0.29) is 5.97 Å². The van der Waals surface area contributed by atoms with Gasteiger partial charge in [0.25, 0.3) is 0 Å². The average molecular weight is 291 g/mol. The summed E-state index contributed by atoms with van der Waals surface area (Å²) in [4.78, 5) is 13.9. The number of nitriles is 1. The van der Waals surface area contributed by atoms with Gasteiger partial charge in [-0.25, -0.2) is 4.79 Å². The number of thiophene rings is 1. The van der Waals surface area contributed by atoms with E-state index in [0.29, 0.717) is 16.2 Å². The van der Waals surface area contributed by atoms with Crippen LogP contribution in [-0.2, 0) is 17.6 Å². The van der Waals surface area contributed by atoms with E-state index in [9.17, 15) is 4.79 Å². The number of hydrogen-bond acceptors (Lipinski definition) is 4. The second kappa shape index (κ2) is 5.57. The van der Waals surface area contributed by atoms with Crippen LogP contribution >= 0.6 is 11.3 Å². The van der Waals surface area contributed by atoms with Gasteiger partial charge in [-0.05, 0) is 49.1 Å². The fourth-order valence-corrected chi connectivity index (χ4v) is 3.70. The summed E-state index contributed by atoms with van der Waals surface area (Å²) in [6.07, 6.45) is 2.57. The highest BCUT2D eigenvalue weighted by Gasteiger charge is 2.30. The van der Waals surface area contributed by atoms with E-state index in [4.69, 9.17) is 10.00 Å². The smallest absolute Gasteiger partial charge is 0.349 e. The molecule has 0 N–H and O–H groups in total. The van der Waals surface area contributed by atoms with Crippen LogP contribution in [0.25, 0.3) is 0 Å². The second-order valence-electron chi connectivity index (χ2n) is 6.54. The summed E-state index contributed by atoms with van der Waals surface area (Å²) >= 11 is 1.52. The molecule has 0 radical (unpaired) electrons. The van der Waals surface area contributed by atoms with Gasteiger partial charge in [0.2, 0.25) is 0 Å². The molecule has 1 heterocycles. The van der Waals surface area contributed by atoms with E-state index in [2.05, 4.69) is 20.8 Å². The Labute approximate surface area is 124 Å². The number of ether oxygens (including phenoxy) is 1. The molecule has 0 spiro atoms. The van der Waals surface area contributed by atoms with E-state index in [1.165, 1.54) is 28.2 Å². The Bertz CT molecular complexity index is 548. The van der Waals surface area contributed by atoms with Crippen molar-refractivity contribution in [2.45, 2.75) is 53.1 Å². The highest BCUT2D eigenvalue weighted by molar-refractivity contribution is 7.14. The SMILES string of the molecule is C[C@@H](C#N)OC(=O)c1cc2c(s1)CC[C@H](C(C)(C)C)C2. The normalized spacial score (nSPS) is 19.9. The summed E-state index contributed by atoms with van der Waals surface area (Å²) in [5.74, 6) is 0.289. The Morgan fingerprint density at radius 3 is 2.85 bits per heavy atom. The molecule has 1 aromatic heterocycles. The fourth-order valence-electron chi connectivity index (χ4n) is 2.61. The molecule has 1 aliphatic carbocycles. The second-order valence-corrected chi connectivity index (χ2v) is 7.68. The van der Waals surface area contributed by atoms with Crippen LogP contribution in [-0.4, -0.2) is 12.1 Å². The van der Waals surface area contributed by atoms with Gasteiger partial charge in [-0.15, -0.1) is 11.3 Å². The Kier molecular flexibility index (Phi) is 4.19. The minimum absolute atomic E-state index is 0.301. The number of hydrogen-bond donors (Lipinski definition) is 0. The Hall–Kier alpha value is -1.34. The number of carbonyl (C=O) groups excluding carboxylic acids is 1. The third-order valence-electron chi connectivity index (χ3n) is 3.97. The van der Waals surface area contributed by atoms with Gasteiger partial charge in [0, 0.05) is 4.88 Å². The number of esters is 1. The highest BCUT2D eigenvalue weighted by atomic mass is 32.1. The van der Waals surface area contributed by atoms with Gasteiger partial charge in [-0.1, -0.05) is 20.8 Å². The standard InChI is InChI=1S/C16H21NO2S/c1-10(9-17)19-15(18)14-8-11-7-12(16(2,3)4)5-6-13(11)20-14/h8,10,12H,5-7H2,1-4H3/t10-,12-/m0/s1. The molecule has 0 fully saturated rings. The van der Waals surface area contributed by atoms with Crippen molar-refractivity contribution in [2.24, 2.45) is 11.3 Å². The summed E-state index contributed by atoms with van der Waals surface area (Å²) < 4.78 is 5.07. The van der Waals surface area contributed by atoms with Gasteiger partial charge >= 0.3 is 5.97 Å².